The molecule has 2 heteroatoms. The first-order chi connectivity index (χ1) is 6.80. The molecule has 1 aromatic rings. The molecule has 0 spiro atoms. The summed E-state index contributed by atoms with van der Waals surface area (Å²) >= 11 is 0. The highest BCUT2D eigenvalue weighted by atomic mass is 16.5. The molecule has 0 aliphatic heterocycles. The predicted octanol–water partition coefficient (Wildman–Crippen LogP) is 2.31. The van der Waals surface area contributed by atoms with Gasteiger partial charge in [-0.15, -0.1) is 0 Å². The Morgan fingerprint density at radius 2 is 2.07 bits per heavy atom. The number of aryl methyl sites for hydroxylation is 1. The molecule has 0 aliphatic carbocycles. The fourth-order valence-electron chi connectivity index (χ4n) is 1.26. The average molecular weight is 192 g/mol. The van der Waals surface area contributed by atoms with E-state index in [0.29, 0.717) is 6.61 Å². The maximum absolute atomic E-state index is 9.03. The van der Waals surface area contributed by atoms with Gasteiger partial charge in [0.2, 0.25) is 0 Å². The van der Waals surface area contributed by atoms with Crippen LogP contribution in [0.25, 0.3) is 0 Å². The van der Waals surface area contributed by atoms with Gasteiger partial charge < -0.3 is 9.84 Å². The van der Waals surface area contributed by atoms with Gasteiger partial charge in [-0.3, -0.25) is 0 Å². The Morgan fingerprint density at radius 3 is 2.64 bits per heavy atom. The molecular formula is C12H16O2. The minimum absolute atomic E-state index is 0.0539. The smallest absolute Gasteiger partial charge is 0.120 e. The normalized spacial score (nSPS) is 9.86. The van der Waals surface area contributed by atoms with Crippen LogP contribution in [0.15, 0.2) is 30.9 Å². The molecule has 0 aromatic heterocycles. The lowest BCUT2D eigenvalue weighted by molar-refractivity contribution is 0.280. The van der Waals surface area contributed by atoms with Gasteiger partial charge in [0, 0.05) is 0 Å². The van der Waals surface area contributed by atoms with Gasteiger partial charge in [-0.05, 0) is 29.7 Å². The van der Waals surface area contributed by atoms with Gasteiger partial charge in [0.1, 0.15) is 12.4 Å². The van der Waals surface area contributed by atoms with Crippen LogP contribution in [0.3, 0.4) is 0 Å². The van der Waals surface area contributed by atoms with Gasteiger partial charge in [-0.1, -0.05) is 25.6 Å². The first-order valence-corrected chi connectivity index (χ1v) is 4.77. The van der Waals surface area contributed by atoms with Crippen molar-refractivity contribution < 1.29 is 9.84 Å². The number of hydrogen-bond donors (Lipinski definition) is 1. The zero-order chi connectivity index (χ0) is 10.4. The minimum atomic E-state index is 0.0539. The second-order valence-corrected chi connectivity index (χ2v) is 3.10. The molecule has 1 rings (SSSR count). The zero-order valence-corrected chi connectivity index (χ0v) is 8.49. The van der Waals surface area contributed by atoms with E-state index in [4.69, 9.17) is 9.84 Å². The molecule has 0 radical (unpaired) electrons. The number of ether oxygens (including phenoxy) is 1. The summed E-state index contributed by atoms with van der Waals surface area (Å²) in [5, 5.41) is 9.03. The summed E-state index contributed by atoms with van der Waals surface area (Å²) in [6, 6.07) is 5.83. The average Bonchev–Trinajstić information content (AvgIpc) is 2.25. The van der Waals surface area contributed by atoms with Crippen molar-refractivity contribution in [3.63, 3.8) is 0 Å². The van der Waals surface area contributed by atoms with E-state index in [1.54, 1.807) is 6.08 Å². The van der Waals surface area contributed by atoms with Gasteiger partial charge in [0.25, 0.3) is 0 Å². The van der Waals surface area contributed by atoms with E-state index >= 15 is 0 Å². The van der Waals surface area contributed by atoms with Crippen molar-refractivity contribution in [3.05, 3.63) is 42.0 Å². The molecule has 0 fully saturated rings. The molecule has 1 N–H and O–H groups in total. The topological polar surface area (TPSA) is 29.5 Å². The number of rotatable bonds is 5. The zero-order valence-electron chi connectivity index (χ0n) is 8.49. The Morgan fingerprint density at radius 1 is 1.36 bits per heavy atom. The van der Waals surface area contributed by atoms with Crippen LogP contribution in [0.4, 0.5) is 0 Å². The summed E-state index contributed by atoms with van der Waals surface area (Å²) in [4.78, 5) is 0. The highest BCUT2D eigenvalue weighted by molar-refractivity contribution is 5.34. The number of hydrogen-bond acceptors (Lipinski definition) is 2. The van der Waals surface area contributed by atoms with Gasteiger partial charge >= 0.3 is 0 Å². The van der Waals surface area contributed by atoms with E-state index in [-0.39, 0.29) is 6.61 Å². The van der Waals surface area contributed by atoms with Crippen molar-refractivity contribution >= 4 is 0 Å². The summed E-state index contributed by atoms with van der Waals surface area (Å²) < 4.78 is 5.41. The maximum atomic E-state index is 9.03. The lowest BCUT2D eigenvalue weighted by Crippen LogP contribution is -1.96. The largest absolute Gasteiger partial charge is 0.490 e. The van der Waals surface area contributed by atoms with Crippen molar-refractivity contribution in [1.82, 2.24) is 0 Å². The molecule has 76 valence electrons. The van der Waals surface area contributed by atoms with Crippen molar-refractivity contribution in [3.8, 4) is 5.75 Å². The monoisotopic (exact) mass is 192 g/mol. The third kappa shape index (κ3) is 2.89. The van der Waals surface area contributed by atoms with E-state index in [9.17, 15) is 0 Å². The fourth-order valence-corrected chi connectivity index (χ4v) is 1.26. The van der Waals surface area contributed by atoms with Crippen LogP contribution in [0, 0.1) is 0 Å². The molecule has 0 unspecified atom stereocenters. The fraction of sp³-hybridized carbons (Fsp3) is 0.333. The first-order valence-electron chi connectivity index (χ1n) is 4.77. The third-order valence-corrected chi connectivity index (χ3v) is 1.98. The van der Waals surface area contributed by atoms with Crippen molar-refractivity contribution in [2.75, 3.05) is 6.61 Å². The molecule has 0 heterocycles. The van der Waals surface area contributed by atoms with Crippen LogP contribution in [0.1, 0.15) is 18.1 Å². The van der Waals surface area contributed by atoms with Crippen LogP contribution in [-0.2, 0) is 13.0 Å². The van der Waals surface area contributed by atoms with Gasteiger partial charge in [0.05, 0.1) is 6.61 Å². The minimum Gasteiger partial charge on any atom is -0.490 e. The number of aliphatic hydroxyl groups is 1. The Labute approximate surface area is 84.8 Å². The molecule has 14 heavy (non-hydrogen) atoms. The third-order valence-electron chi connectivity index (χ3n) is 1.98. The number of aliphatic hydroxyl groups excluding tert-OH is 1. The van der Waals surface area contributed by atoms with Crippen molar-refractivity contribution in [2.45, 2.75) is 20.0 Å². The molecular weight excluding hydrogens is 176 g/mol. The second kappa shape index (κ2) is 5.45. The van der Waals surface area contributed by atoms with Gasteiger partial charge in [-0.25, -0.2) is 0 Å². The highest BCUT2D eigenvalue weighted by Gasteiger charge is 1.99. The maximum Gasteiger partial charge on any atom is 0.120 e. The lowest BCUT2D eigenvalue weighted by Gasteiger charge is -2.07. The summed E-state index contributed by atoms with van der Waals surface area (Å²) in [6.07, 6.45) is 2.65. The van der Waals surface area contributed by atoms with Crippen LogP contribution < -0.4 is 4.74 Å². The second-order valence-electron chi connectivity index (χ2n) is 3.10. The van der Waals surface area contributed by atoms with Crippen LogP contribution in [-0.4, -0.2) is 11.7 Å². The lowest BCUT2D eigenvalue weighted by atomic mass is 10.1. The summed E-state index contributed by atoms with van der Waals surface area (Å²) in [6.45, 7) is 6.22. The first kappa shape index (κ1) is 10.8. The van der Waals surface area contributed by atoms with E-state index < -0.39 is 0 Å². The summed E-state index contributed by atoms with van der Waals surface area (Å²) in [5.74, 6) is 0.799. The van der Waals surface area contributed by atoms with Gasteiger partial charge in [0.15, 0.2) is 0 Å². The Bertz CT molecular complexity index is 283. The van der Waals surface area contributed by atoms with E-state index in [1.165, 1.54) is 5.56 Å². The van der Waals surface area contributed by atoms with Crippen LogP contribution in [0.5, 0.6) is 5.75 Å². The molecule has 0 aliphatic rings. The molecule has 0 amide bonds. The van der Waals surface area contributed by atoms with Crippen LogP contribution in [0.2, 0.25) is 0 Å². The van der Waals surface area contributed by atoms with E-state index in [1.807, 2.05) is 18.2 Å². The van der Waals surface area contributed by atoms with Crippen molar-refractivity contribution in [1.29, 1.82) is 0 Å². The Kier molecular flexibility index (Phi) is 4.20. The standard InChI is InChI=1S/C12H16O2/c1-3-5-14-12-7-10(4-2)6-11(8-12)9-13/h3,6-8,13H,1,4-5,9H2,2H3. The van der Waals surface area contributed by atoms with E-state index in [2.05, 4.69) is 13.5 Å². The summed E-state index contributed by atoms with van der Waals surface area (Å²) in [5.41, 5.74) is 2.07. The highest BCUT2D eigenvalue weighted by Crippen LogP contribution is 2.17. The quantitative estimate of drug-likeness (QED) is 0.725. The SMILES string of the molecule is C=CCOc1cc(CC)cc(CO)c1. The molecule has 0 atom stereocenters. The molecule has 0 bridgehead atoms. The number of benzene rings is 1. The van der Waals surface area contributed by atoms with E-state index in [0.717, 1.165) is 17.7 Å². The molecule has 1 aromatic carbocycles. The Hall–Kier alpha value is -1.28. The molecule has 2 nitrogen and oxygen atoms in total. The summed E-state index contributed by atoms with van der Waals surface area (Å²) in [7, 11) is 0. The molecule has 0 saturated heterocycles. The van der Waals surface area contributed by atoms with Crippen LogP contribution >= 0.6 is 0 Å². The molecule has 0 saturated carbocycles. The van der Waals surface area contributed by atoms with Gasteiger partial charge in [-0.2, -0.15) is 0 Å². The predicted molar refractivity (Wildman–Crippen MR) is 57.4 cm³/mol. The Balaban J connectivity index is 2.86. The van der Waals surface area contributed by atoms with Crippen molar-refractivity contribution in [2.24, 2.45) is 0 Å².